The fourth-order valence-electron chi connectivity index (χ4n) is 2.42. The Labute approximate surface area is 208 Å². The third-order valence-electron chi connectivity index (χ3n) is 4.24. The van der Waals surface area contributed by atoms with Crippen LogP contribution in [0.15, 0.2) is 0 Å². The van der Waals surface area contributed by atoms with E-state index in [4.69, 9.17) is 4.55 Å². The Morgan fingerprint density at radius 3 is 1.59 bits per heavy atom. The first kappa shape index (κ1) is 37.7. The van der Waals surface area contributed by atoms with Gasteiger partial charge in [-0.1, -0.05) is 0 Å². The summed E-state index contributed by atoms with van der Waals surface area (Å²) in [6.07, 6.45) is -41.0. The van der Waals surface area contributed by atoms with E-state index in [1.807, 2.05) is 0 Å². The first-order valence-electron chi connectivity index (χ1n) is 9.85. The van der Waals surface area contributed by atoms with Crippen LogP contribution in [0.5, 0.6) is 0 Å². The second-order valence-electron chi connectivity index (χ2n) is 7.77. The zero-order chi connectivity index (χ0) is 31.5. The summed E-state index contributed by atoms with van der Waals surface area (Å²) in [6.45, 7) is -1.68. The standard InChI is InChI=1S/C16H18F16O6S/c1-8(17)6-9(4-2-3-5-39(33,34)35)36-7-10(18,19)37-15(29,30)16(31,32)38-14(27,28)12(22,23)11(20,21)13(24,25)26/h8-9H,2-7H2,1H3,(H,33,34,35)/t8-,9?/m1/s1. The van der Waals surface area contributed by atoms with Crippen LogP contribution in [0.4, 0.5) is 70.2 Å². The number of ether oxygens (including phenoxy) is 3. The number of rotatable bonds is 17. The minimum absolute atomic E-state index is 0.294. The molecule has 236 valence electrons. The van der Waals surface area contributed by atoms with Gasteiger partial charge in [-0.2, -0.15) is 74.3 Å². The van der Waals surface area contributed by atoms with Crippen molar-refractivity contribution in [3.63, 3.8) is 0 Å². The summed E-state index contributed by atoms with van der Waals surface area (Å²) in [5, 5.41) is 0. The molecule has 0 fully saturated rings. The van der Waals surface area contributed by atoms with Gasteiger partial charge in [-0.15, -0.1) is 0 Å². The van der Waals surface area contributed by atoms with E-state index in [0.29, 0.717) is 0 Å². The lowest BCUT2D eigenvalue weighted by atomic mass is 10.1. The van der Waals surface area contributed by atoms with Crippen LogP contribution in [0.25, 0.3) is 0 Å². The maximum absolute atomic E-state index is 13.7. The summed E-state index contributed by atoms with van der Waals surface area (Å²) in [5.41, 5.74) is 0. The summed E-state index contributed by atoms with van der Waals surface area (Å²) in [4.78, 5) is 0. The van der Waals surface area contributed by atoms with Gasteiger partial charge in [0.1, 0.15) is 6.61 Å². The molecule has 0 aliphatic heterocycles. The molecule has 0 heterocycles. The predicted molar refractivity (Wildman–Crippen MR) is 93.1 cm³/mol. The van der Waals surface area contributed by atoms with Crippen molar-refractivity contribution < 1.29 is 97.4 Å². The summed E-state index contributed by atoms with van der Waals surface area (Å²) in [5.74, 6) is -16.7. The zero-order valence-electron chi connectivity index (χ0n) is 18.8. The van der Waals surface area contributed by atoms with Crippen molar-refractivity contribution in [2.75, 3.05) is 12.4 Å². The summed E-state index contributed by atoms with van der Waals surface area (Å²) in [7, 11) is -4.47. The smallest absolute Gasteiger partial charge is 0.369 e. The molecular weight excluding hydrogens is 624 g/mol. The Kier molecular flexibility index (Phi) is 11.8. The van der Waals surface area contributed by atoms with Gasteiger partial charge in [-0.3, -0.25) is 4.55 Å². The van der Waals surface area contributed by atoms with Gasteiger partial charge < -0.3 is 4.74 Å². The fraction of sp³-hybridized carbons (Fsp3) is 1.00. The van der Waals surface area contributed by atoms with Crippen LogP contribution in [-0.4, -0.2) is 80.1 Å². The van der Waals surface area contributed by atoms with Gasteiger partial charge in [0.25, 0.3) is 10.1 Å². The molecule has 0 radical (unpaired) electrons. The van der Waals surface area contributed by atoms with Crippen LogP contribution in [-0.2, 0) is 24.3 Å². The molecule has 39 heavy (non-hydrogen) atoms. The van der Waals surface area contributed by atoms with Crippen molar-refractivity contribution in [3.05, 3.63) is 0 Å². The van der Waals surface area contributed by atoms with E-state index in [-0.39, 0.29) is 12.8 Å². The molecular formula is C16H18F16O6S. The van der Waals surface area contributed by atoms with Crippen molar-refractivity contribution in [2.24, 2.45) is 0 Å². The molecule has 0 aromatic heterocycles. The van der Waals surface area contributed by atoms with E-state index in [0.717, 1.165) is 6.92 Å². The van der Waals surface area contributed by atoms with E-state index in [1.54, 1.807) is 0 Å². The lowest BCUT2D eigenvalue weighted by Gasteiger charge is -2.36. The zero-order valence-corrected chi connectivity index (χ0v) is 19.7. The van der Waals surface area contributed by atoms with E-state index >= 15 is 0 Å². The quantitative estimate of drug-likeness (QED) is 0.112. The number of unbranched alkanes of at least 4 members (excludes halogenated alkanes) is 1. The van der Waals surface area contributed by atoms with E-state index in [2.05, 4.69) is 9.47 Å². The average molecular weight is 642 g/mol. The minimum atomic E-state index is -7.98. The highest BCUT2D eigenvalue weighted by Crippen LogP contribution is 2.55. The molecule has 0 saturated carbocycles. The normalized spacial score (nSPS) is 16.9. The fourth-order valence-corrected chi connectivity index (χ4v) is 2.99. The Balaban J connectivity index is 5.58. The highest BCUT2D eigenvalue weighted by atomic mass is 32.2. The van der Waals surface area contributed by atoms with Crippen LogP contribution in [0.1, 0.15) is 32.6 Å². The van der Waals surface area contributed by atoms with Crippen LogP contribution >= 0.6 is 0 Å². The topological polar surface area (TPSA) is 82.1 Å². The second kappa shape index (κ2) is 12.3. The number of hydrogen-bond donors (Lipinski definition) is 1. The molecule has 0 amide bonds. The van der Waals surface area contributed by atoms with E-state index in [9.17, 15) is 78.7 Å². The van der Waals surface area contributed by atoms with E-state index < -0.39 is 90.1 Å². The van der Waals surface area contributed by atoms with Crippen LogP contribution in [0.2, 0.25) is 0 Å². The third kappa shape index (κ3) is 10.5. The van der Waals surface area contributed by atoms with E-state index in [1.165, 1.54) is 4.74 Å². The average Bonchev–Trinajstić information content (AvgIpc) is 2.65. The first-order valence-corrected chi connectivity index (χ1v) is 11.5. The van der Waals surface area contributed by atoms with Gasteiger partial charge in [0, 0.05) is 6.42 Å². The molecule has 0 aromatic carbocycles. The predicted octanol–water partition coefficient (Wildman–Crippen LogP) is 6.42. The lowest BCUT2D eigenvalue weighted by molar-refractivity contribution is -0.543. The summed E-state index contributed by atoms with van der Waals surface area (Å²) >= 11 is 0. The van der Waals surface area contributed by atoms with Crippen LogP contribution < -0.4 is 0 Å². The maximum atomic E-state index is 13.7. The maximum Gasteiger partial charge on any atom is 0.460 e. The summed E-state index contributed by atoms with van der Waals surface area (Å²) < 4.78 is 246. The number of halogens is 16. The van der Waals surface area contributed by atoms with Gasteiger partial charge in [-0.05, 0) is 26.2 Å². The lowest BCUT2D eigenvalue weighted by Crippen LogP contribution is -2.64. The Morgan fingerprint density at radius 1 is 0.718 bits per heavy atom. The molecule has 0 aliphatic rings. The molecule has 0 aromatic rings. The molecule has 0 spiro atoms. The Hall–Kier alpha value is -1.33. The molecule has 0 bridgehead atoms. The highest BCUT2D eigenvalue weighted by Gasteiger charge is 2.85. The van der Waals surface area contributed by atoms with Gasteiger partial charge in [0.2, 0.25) is 0 Å². The molecule has 2 atom stereocenters. The molecule has 1 N–H and O–H groups in total. The molecule has 1 unspecified atom stereocenters. The van der Waals surface area contributed by atoms with Gasteiger partial charge in [-0.25, -0.2) is 13.9 Å². The molecule has 0 aliphatic carbocycles. The first-order chi connectivity index (χ1) is 16.9. The molecule has 0 saturated heterocycles. The highest BCUT2D eigenvalue weighted by molar-refractivity contribution is 7.85. The van der Waals surface area contributed by atoms with Crippen molar-refractivity contribution in [1.82, 2.24) is 0 Å². The Morgan fingerprint density at radius 2 is 1.18 bits per heavy atom. The molecule has 6 nitrogen and oxygen atoms in total. The minimum Gasteiger partial charge on any atom is -0.369 e. The number of alkyl halides is 16. The van der Waals surface area contributed by atoms with Crippen LogP contribution in [0, 0.1) is 0 Å². The summed E-state index contributed by atoms with van der Waals surface area (Å²) in [6, 6.07) is 0. The van der Waals surface area contributed by atoms with Crippen molar-refractivity contribution in [2.45, 2.75) is 87.3 Å². The second-order valence-corrected chi connectivity index (χ2v) is 9.34. The van der Waals surface area contributed by atoms with Crippen molar-refractivity contribution in [3.8, 4) is 0 Å². The SMILES string of the molecule is C[C@@H](F)CC(CCCCS(=O)(=O)O)OCC(F)(F)OC(F)(F)C(F)(F)OC(F)(F)C(F)(F)C(F)(F)C(F)(F)F. The molecule has 23 heteroatoms. The van der Waals surface area contributed by atoms with Crippen LogP contribution in [0.3, 0.4) is 0 Å². The Bertz CT molecular complexity index is 890. The number of hydrogen-bond acceptors (Lipinski definition) is 5. The largest absolute Gasteiger partial charge is 0.460 e. The van der Waals surface area contributed by atoms with Gasteiger partial charge >= 0.3 is 42.5 Å². The van der Waals surface area contributed by atoms with Gasteiger partial charge in [0.15, 0.2) is 0 Å². The third-order valence-corrected chi connectivity index (χ3v) is 5.05. The molecule has 0 rings (SSSR count). The van der Waals surface area contributed by atoms with Crippen molar-refractivity contribution >= 4 is 10.1 Å². The monoisotopic (exact) mass is 642 g/mol. The van der Waals surface area contributed by atoms with Gasteiger partial charge in [0.05, 0.1) is 18.0 Å². The van der Waals surface area contributed by atoms with Crippen molar-refractivity contribution in [1.29, 1.82) is 0 Å².